The number of carbonyl (C=O) groups is 2. The molecule has 0 bridgehead atoms. The molecule has 0 saturated carbocycles. The molecule has 20 heavy (non-hydrogen) atoms. The second-order valence-electron chi connectivity index (χ2n) is 4.87. The molecule has 0 aromatic heterocycles. The summed E-state index contributed by atoms with van der Waals surface area (Å²) in [4.78, 5) is 23.3. The van der Waals surface area contributed by atoms with Gasteiger partial charge in [-0.25, -0.2) is 4.39 Å². The number of carboxylic acids is 1. The van der Waals surface area contributed by atoms with Crippen molar-refractivity contribution >= 4 is 23.5 Å². The van der Waals surface area contributed by atoms with Crippen LogP contribution in [0.4, 0.5) is 4.39 Å². The molecule has 2 atom stereocenters. The summed E-state index contributed by atoms with van der Waals surface area (Å²) in [6.07, 6.45) is 0. The van der Waals surface area contributed by atoms with E-state index >= 15 is 0 Å². The Bertz CT molecular complexity index is 565. The van der Waals surface area contributed by atoms with Gasteiger partial charge in [0.15, 0.2) is 5.82 Å². The van der Waals surface area contributed by atoms with Crippen LogP contribution in [0.5, 0.6) is 0 Å². The highest BCUT2D eigenvalue weighted by Crippen LogP contribution is 2.29. The summed E-state index contributed by atoms with van der Waals surface area (Å²) in [5.41, 5.74) is -1.46. The van der Waals surface area contributed by atoms with Gasteiger partial charge in [0.2, 0.25) is 0 Å². The van der Waals surface area contributed by atoms with E-state index in [1.165, 1.54) is 25.1 Å². The second-order valence-corrected chi connectivity index (χ2v) is 5.27. The first-order valence-corrected chi connectivity index (χ1v) is 6.30. The van der Waals surface area contributed by atoms with Crippen LogP contribution >= 0.6 is 11.6 Å². The predicted octanol–water partition coefficient (Wildman–Crippen LogP) is 1.70. The predicted molar refractivity (Wildman–Crippen MR) is 69.2 cm³/mol. The Morgan fingerprint density at radius 2 is 2.25 bits per heavy atom. The Morgan fingerprint density at radius 3 is 2.90 bits per heavy atom. The van der Waals surface area contributed by atoms with E-state index in [2.05, 4.69) is 5.32 Å². The van der Waals surface area contributed by atoms with Crippen LogP contribution in [0, 0.1) is 11.2 Å². The van der Waals surface area contributed by atoms with Crippen molar-refractivity contribution in [3.8, 4) is 0 Å². The molecule has 1 aromatic carbocycles. The van der Waals surface area contributed by atoms with Gasteiger partial charge in [0, 0.05) is 0 Å². The highest BCUT2D eigenvalue weighted by molar-refractivity contribution is 6.31. The SMILES string of the molecule is CC1(C(=O)O)COCC1NC(=O)c1cccc(Cl)c1F. The Morgan fingerprint density at radius 1 is 1.55 bits per heavy atom. The molecule has 1 fully saturated rings. The zero-order valence-corrected chi connectivity index (χ0v) is 11.4. The molecular formula is C13H13ClFNO4. The molecule has 2 unspecified atom stereocenters. The molecule has 7 heteroatoms. The number of carboxylic acid groups (broad SMARTS) is 1. The first-order valence-electron chi connectivity index (χ1n) is 5.92. The first kappa shape index (κ1) is 14.7. The Labute approximate surface area is 119 Å². The quantitative estimate of drug-likeness (QED) is 0.891. The third-order valence-corrected chi connectivity index (χ3v) is 3.74. The summed E-state index contributed by atoms with van der Waals surface area (Å²) in [5.74, 6) is -2.62. The van der Waals surface area contributed by atoms with E-state index in [1.54, 1.807) is 0 Å². The fraction of sp³-hybridized carbons (Fsp3) is 0.385. The maximum atomic E-state index is 13.7. The third-order valence-electron chi connectivity index (χ3n) is 3.45. The average molecular weight is 302 g/mol. The molecular weight excluding hydrogens is 289 g/mol. The molecule has 0 aliphatic carbocycles. The van der Waals surface area contributed by atoms with Crippen LogP contribution in [0.15, 0.2) is 18.2 Å². The molecule has 1 aliphatic rings. The van der Waals surface area contributed by atoms with E-state index in [1.807, 2.05) is 0 Å². The average Bonchev–Trinajstić information content (AvgIpc) is 2.75. The molecule has 1 heterocycles. The largest absolute Gasteiger partial charge is 0.481 e. The Hall–Kier alpha value is -1.66. The van der Waals surface area contributed by atoms with E-state index in [0.717, 1.165) is 0 Å². The van der Waals surface area contributed by atoms with Crippen molar-refractivity contribution in [3.05, 3.63) is 34.6 Å². The molecule has 1 saturated heterocycles. The molecule has 1 amide bonds. The van der Waals surface area contributed by atoms with Crippen molar-refractivity contribution in [2.75, 3.05) is 13.2 Å². The topological polar surface area (TPSA) is 75.6 Å². The lowest BCUT2D eigenvalue weighted by molar-refractivity contribution is -0.148. The standard InChI is InChI=1S/C13H13ClFNO4/c1-13(12(18)19)6-20-5-9(13)16-11(17)7-3-2-4-8(14)10(7)15/h2-4,9H,5-6H2,1H3,(H,16,17)(H,18,19). The number of hydrogen-bond acceptors (Lipinski definition) is 3. The molecule has 5 nitrogen and oxygen atoms in total. The van der Waals surface area contributed by atoms with Crippen molar-refractivity contribution in [1.82, 2.24) is 5.32 Å². The molecule has 2 N–H and O–H groups in total. The van der Waals surface area contributed by atoms with E-state index < -0.39 is 29.2 Å². The molecule has 0 spiro atoms. The maximum absolute atomic E-state index is 13.7. The van der Waals surface area contributed by atoms with Gasteiger partial charge in [0.25, 0.3) is 5.91 Å². The van der Waals surface area contributed by atoms with Gasteiger partial charge in [-0.15, -0.1) is 0 Å². The number of ether oxygens (including phenoxy) is 1. The van der Waals surface area contributed by atoms with Crippen molar-refractivity contribution < 1.29 is 23.8 Å². The number of halogens is 2. The van der Waals surface area contributed by atoms with Gasteiger partial charge in [-0.2, -0.15) is 0 Å². The monoisotopic (exact) mass is 301 g/mol. The van der Waals surface area contributed by atoms with Crippen LogP contribution in [0.2, 0.25) is 5.02 Å². The summed E-state index contributed by atoms with van der Waals surface area (Å²) in [7, 11) is 0. The number of carbonyl (C=O) groups excluding carboxylic acids is 1. The minimum atomic E-state index is -1.23. The van der Waals surface area contributed by atoms with Crippen LogP contribution in [0.1, 0.15) is 17.3 Å². The first-order chi connectivity index (χ1) is 9.36. The van der Waals surface area contributed by atoms with Crippen molar-refractivity contribution in [1.29, 1.82) is 0 Å². The molecule has 2 rings (SSSR count). The minimum Gasteiger partial charge on any atom is -0.481 e. The fourth-order valence-electron chi connectivity index (χ4n) is 2.00. The van der Waals surface area contributed by atoms with Gasteiger partial charge in [0.05, 0.1) is 29.8 Å². The second kappa shape index (κ2) is 5.38. The van der Waals surface area contributed by atoms with Crippen molar-refractivity contribution in [2.24, 2.45) is 5.41 Å². The number of amides is 1. The van der Waals surface area contributed by atoms with Crippen LogP contribution in [-0.2, 0) is 9.53 Å². The summed E-state index contributed by atoms with van der Waals surface area (Å²) >= 11 is 5.61. The summed E-state index contributed by atoms with van der Waals surface area (Å²) in [5, 5.41) is 11.5. The lowest BCUT2D eigenvalue weighted by atomic mass is 9.85. The summed E-state index contributed by atoms with van der Waals surface area (Å²) in [6, 6.07) is 3.32. The number of rotatable bonds is 3. The lowest BCUT2D eigenvalue weighted by Gasteiger charge is -2.25. The van der Waals surface area contributed by atoms with Crippen LogP contribution in [0.3, 0.4) is 0 Å². The van der Waals surface area contributed by atoms with Crippen LogP contribution in [0.25, 0.3) is 0 Å². The van der Waals surface area contributed by atoms with E-state index in [-0.39, 0.29) is 23.8 Å². The van der Waals surface area contributed by atoms with Gasteiger partial charge >= 0.3 is 5.97 Å². The highest BCUT2D eigenvalue weighted by atomic mass is 35.5. The van der Waals surface area contributed by atoms with Gasteiger partial charge in [0.1, 0.15) is 5.41 Å². The summed E-state index contributed by atoms with van der Waals surface area (Å²) < 4.78 is 18.8. The Balaban J connectivity index is 2.20. The highest BCUT2D eigenvalue weighted by Gasteiger charge is 2.47. The fourth-order valence-corrected chi connectivity index (χ4v) is 2.17. The maximum Gasteiger partial charge on any atom is 0.313 e. The van der Waals surface area contributed by atoms with Gasteiger partial charge in [-0.05, 0) is 19.1 Å². The van der Waals surface area contributed by atoms with Crippen LogP contribution < -0.4 is 5.32 Å². The van der Waals surface area contributed by atoms with Crippen molar-refractivity contribution in [2.45, 2.75) is 13.0 Å². The van der Waals surface area contributed by atoms with E-state index in [4.69, 9.17) is 16.3 Å². The third kappa shape index (κ3) is 2.48. The zero-order valence-electron chi connectivity index (χ0n) is 10.7. The summed E-state index contributed by atoms with van der Waals surface area (Å²) in [6.45, 7) is 1.53. The zero-order chi connectivity index (χ0) is 14.9. The van der Waals surface area contributed by atoms with E-state index in [9.17, 15) is 19.1 Å². The van der Waals surface area contributed by atoms with Gasteiger partial charge in [-0.3, -0.25) is 9.59 Å². The van der Waals surface area contributed by atoms with Gasteiger partial charge in [-0.1, -0.05) is 17.7 Å². The Kier molecular flexibility index (Phi) is 3.96. The van der Waals surface area contributed by atoms with Crippen molar-refractivity contribution in [3.63, 3.8) is 0 Å². The molecule has 1 aliphatic heterocycles. The minimum absolute atomic E-state index is 0.00862. The van der Waals surface area contributed by atoms with Crippen LogP contribution in [-0.4, -0.2) is 36.2 Å². The lowest BCUT2D eigenvalue weighted by Crippen LogP contribution is -2.49. The normalized spacial score (nSPS) is 25.4. The number of benzene rings is 1. The van der Waals surface area contributed by atoms with Gasteiger partial charge < -0.3 is 15.2 Å². The number of nitrogens with one attached hydrogen (secondary N) is 1. The number of hydrogen-bond donors (Lipinski definition) is 2. The smallest absolute Gasteiger partial charge is 0.313 e. The molecule has 0 radical (unpaired) electrons. The number of aliphatic carboxylic acids is 1. The molecule has 108 valence electrons. The van der Waals surface area contributed by atoms with E-state index in [0.29, 0.717) is 0 Å². The molecule has 1 aromatic rings.